The molecule has 0 aliphatic heterocycles. The summed E-state index contributed by atoms with van der Waals surface area (Å²) < 4.78 is 31.7. The second-order valence-electron chi connectivity index (χ2n) is 7.09. The Morgan fingerprint density at radius 3 is 2.28 bits per heavy atom. The number of hydrogen-bond acceptors (Lipinski definition) is 5. The van der Waals surface area contributed by atoms with Gasteiger partial charge in [-0.2, -0.15) is 4.72 Å². The Morgan fingerprint density at radius 1 is 1.03 bits per heavy atom. The van der Waals surface area contributed by atoms with Crippen molar-refractivity contribution < 1.29 is 22.7 Å². The minimum Gasteiger partial charge on any atom is -0.456 e. The van der Waals surface area contributed by atoms with E-state index in [1.54, 1.807) is 18.2 Å². The third-order valence-corrected chi connectivity index (χ3v) is 6.37. The normalized spacial score (nSPS) is 12.4. The number of carbonyl (C=O) groups excluding carboxylic acids is 2. The van der Waals surface area contributed by atoms with E-state index in [1.165, 1.54) is 12.1 Å². The molecule has 0 saturated heterocycles. The van der Waals surface area contributed by atoms with Crippen molar-refractivity contribution in [2.75, 3.05) is 13.2 Å². The molecular formula is C22H27NO5S. The first-order valence-electron chi connectivity index (χ1n) is 9.49. The third-order valence-electron chi connectivity index (χ3n) is 4.97. The van der Waals surface area contributed by atoms with Crippen molar-refractivity contribution in [1.82, 2.24) is 4.72 Å². The lowest BCUT2D eigenvalue weighted by Crippen LogP contribution is -2.31. The fourth-order valence-corrected chi connectivity index (χ4v) is 3.69. The molecule has 0 aromatic heterocycles. The summed E-state index contributed by atoms with van der Waals surface area (Å²) in [5.41, 5.74) is 3.39. The van der Waals surface area contributed by atoms with Crippen molar-refractivity contribution in [3.8, 4) is 0 Å². The Hall–Kier alpha value is -2.51. The highest BCUT2D eigenvalue weighted by molar-refractivity contribution is 7.89. The summed E-state index contributed by atoms with van der Waals surface area (Å²) in [7, 11) is -3.84. The van der Waals surface area contributed by atoms with Gasteiger partial charge in [0.1, 0.15) is 6.54 Å². The van der Waals surface area contributed by atoms with Crippen LogP contribution < -0.4 is 4.72 Å². The quantitative estimate of drug-likeness (QED) is 0.498. The van der Waals surface area contributed by atoms with Crippen LogP contribution in [0.2, 0.25) is 0 Å². The summed E-state index contributed by atoms with van der Waals surface area (Å²) in [6, 6.07) is 11.9. The van der Waals surface area contributed by atoms with Crippen LogP contribution in [0.1, 0.15) is 53.2 Å². The molecule has 0 aliphatic rings. The summed E-state index contributed by atoms with van der Waals surface area (Å²) >= 11 is 0. The van der Waals surface area contributed by atoms with E-state index >= 15 is 0 Å². The molecular weight excluding hydrogens is 390 g/mol. The predicted octanol–water partition coefficient (Wildman–Crippen LogP) is 3.52. The van der Waals surface area contributed by atoms with Gasteiger partial charge in [0.15, 0.2) is 12.4 Å². The molecule has 6 nitrogen and oxygen atoms in total. The van der Waals surface area contributed by atoms with Crippen LogP contribution in [0.5, 0.6) is 0 Å². The molecule has 0 spiro atoms. The number of Topliss-reactive ketones (excluding diaryl/α,β-unsaturated/α-hetero) is 1. The highest BCUT2D eigenvalue weighted by Gasteiger charge is 2.17. The Kier molecular flexibility index (Phi) is 7.70. The number of ketones is 1. The SMILES string of the molecule is CC[C@@H](C)c1ccc(C(=O)COC(=O)CNS(=O)(=O)c2ccc(C)c(C)c2)cc1. The van der Waals surface area contributed by atoms with Crippen molar-refractivity contribution >= 4 is 21.8 Å². The summed E-state index contributed by atoms with van der Waals surface area (Å²) in [4.78, 5) is 24.1. The standard InChI is InChI=1S/C22H27NO5S/c1-5-15(2)18-7-9-19(10-8-18)21(24)14-28-22(25)13-23-29(26,27)20-11-6-16(3)17(4)12-20/h6-12,15,23H,5,13-14H2,1-4H3/t15-/m1/s1. The molecule has 7 heteroatoms. The van der Waals surface area contributed by atoms with Crippen molar-refractivity contribution in [1.29, 1.82) is 0 Å². The number of benzene rings is 2. The predicted molar refractivity (Wildman–Crippen MR) is 112 cm³/mol. The van der Waals surface area contributed by atoms with Crippen LogP contribution in [0.3, 0.4) is 0 Å². The zero-order chi connectivity index (χ0) is 21.6. The van der Waals surface area contributed by atoms with Gasteiger partial charge in [0.2, 0.25) is 10.0 Å². The molecule has 0 radical (unpaired) electrons. The van der Waals surface area contributed by atoms with E-state index in [0.29, 0.717) is 11.5 Å². The zero-order valence-corrected chi connectivity index (χ0v) is 18.0. The number of carbonyl (C=O) groups is 2. The van der Waals surface area contributed by atoms with Crippen molar-refractivity contribution in [3.63, 3.8) is 0 Å². The van der Waals surface area contributed by atoms with E-state index < -0.39 is 29.1 Å². The van der Waals surface area contributed by atoms with E-state index in [0.717, 1.165) is 23.1 Å². The monoisotopic (exact) mass is 417 g/mol. The van der Waals surface area contributed by atoms with E-state index in [1.807, 2.05) is 26.0 Å². The number of sulfonamides is 1. The highest BCUT2D eigenvalue weighted by atomic mass is 32.2. The topological polar surface area (TPSA) is 89.5 Å². The number of rotatable bonds is 9. The Bertz CT molecular complexity index is 981. The number of aryl methyl sites for hydroxylation is 2. The molecule has 156 valence electrons. The highest BCUT2D eigenvalue weighted by Crippen LogP contribution is 2.19. The largest absolute Gasteiger partial charge is 0.456 e. The van der Waals surface area contributed by atoms with Gasteiger partial charge in [0.05, 0.1) is 4.90 Å². The smallest absolute Gasteiger partial charge is 0.321 e. The average Bonchev–Trinajstić information content (AvgIpc) is 2.71. The molecule has 29 heavy (non-hydrogen) atoms. The first-order chi connectivity index (χ1) is 13.6. The van der Waals surface area contributed by atoms with Crippen molar-refractivity contribution in [3.05, 3.63) is 64.7 Å². The van der Waals surface area contributed by atoms with E-state index in [-0.39, 0.29) is 10.7 Å². The minimum absolute atomic E-state index is 0.0749. The van der Waals surface area contributed by atoms with Crippen LogP contribution in [0.25, 0.3) is 0 Å². The van der Waals surface area contributed by atoms with Gasteiger partial charge in [-0.05, 0) is 55.0 Å². The summed E-state index contributed by atoms with van der Waals surface area (Å²) in [6.45, 7) is 6.91. The van der Waals surface area contributed by atoms with Gasteiger partial charge in [-0.3, -0.25) is 9.59 Å². The second-order valence-corrected chi connectivity index (χ2v) is 8.85. The van der Waals surface area contributed by atoms with Gasteiger partial charge in [-0.25, -0.2) is 8.42 Å². The van der Waals surface area contributed by atoms with Crippen LogP contribution in [0.15, 0.2) is 47.4 Å². The maximum atomic E-state index is 12.3. The lowest BCUT2D eigenvalue weighted by molar-refractivity contribution is -0.141. The van der Waals surface area contributed by atoms with Crippen LogP contribution in [-0.2, 0) is 19.6 Å². The molecule has 2 aromatic rings. The Labute approximate surface area is 172 Å². The number of nitrogens with one attached hydrogen (secondary N) is 1. The maximum Gasteiger partial charge on any atom is 0.321 e. The second kappa shape index (κ2) is 9.80. The molecule has 0 unspecified atom stereocenters. The molecule has 0 fully saturated rings. The fraction of sp³-hybridized carbons (Fsp3) is 0.364. The molecule has 0 heterocycles. The van der Waals surface area contributed by atoms with Crippen molar-refractivity contribution in [2.24, 2.45) is 0 Å². The van der Waals surface area contributed by atoms with E-state index in [4.69, 9.17) is 4.74 Å². The van der Waals surface area contributed by atoms with Gasteiger partial charge in [-0.1, -0.05) is 44.2 Å². The third kappa shape index (κ3) is 6.24. The number of ether oxygens (including phenoxy) is 1. The van der Waals surface area contributed by atoms with Crippen LogP contribution in [0.4, 0.5) is 0 Å². The van der Waals surface area contributed by atoms with Gasteiger partial charge in [-0.15, -0.1) is 0 Å². The molecule has 0 amide bonds. The van der Waals surface area contributed by atoms with Gasteiger partial charge >= 0.3 is 5.97 Å². The summed E-state index contributed by atoms with van der Waals surface area (Å²) in [6.07, 6.45) is 1.00. The van der Waals surface area contributed by atoms with E-state index in [2.05, 4.69) is 18.6 Å². The number of hydrogen-bond donors (Lipinski definition) is 1. The zero-order valence-electron chi connectivity index (χ0n) is 17.2. The molecule has 2 aromatic carbocycles. The van der Waals surface area contributed by atoms with Crippen LogP contribution in [-0.4, -0.2) is 33.3 Å². The summed E-state index contributed by atoms with van der Waals surface area (Å²) in [5, 5.41) is 0. The lowest BCUT2D eigenvalue weighted by Gasteiger charge is -2.10. The summed E-state index contributed by atoms with van der Waals surface area (Å²) in [5.74, 6) is -0.754. The molecule has 0 bridgehead atoms. The molecule has 1 N–H and O–H groups in total. The van der Waals surface area contributed by atoms with Crippen LogP contribution >= 0.6 is 0 Å². The average molecular weight is 418 g/mol. The maximum absolute atomic E-state index is 12.3. The van der Waals surface area contributed by atoms with Gasteiger partial charge < -0.3 is 4.74 Å². The van der Waals surface area contributed by atoms with Crippen LogP contribution in [0, 0.1) is 13.8 Å². The first kappa shape index (κ1) is 22.8. The molecule has 1 atom stereocenters. The molecule has 2 rings (SSSR count). The fourth-order valence-electron chi connectivity index (χ4n) is 2.63. The minimum atomic E-state index is -3.84. The lowest BCUT2D eigenvalue weighted by atomic mass is 9.97. The van der Waals surface area contributed by atoms with Gasteiger partial charge in [0, 0.05) is 5.56 Å². The number of esters is 1. The van der Waals surface area contributed by atoms with E-state index in [9.17, 15) is 18.0 Å². The molecule has 0 aliphatic carbocycles. The molecule has 0 saturated carbocycles. The Balaban J connectivity index is 1.87. The van der Waals surface area contributed by atoms with Crippen molar-refractivity contribution in [2.45, 2.75) is 44.9 Å². The van der Waals surface area contributed by atoms with Gasteiger partial charge in [0.25, 0.3) is 0 Å². The Morgan fingerprint density at radius 2 is 1.69 bits per heavy atom. The first-order valence-corrected chi connectivity index (χ1v) is 11.0.